The van der Waals surface area contributed by atoms with Gasteiger partial charge in [-0.1, -0.05) is 13.0 Å². The van der Waals surface area contributed by atoms with Crippen molar-refractivity contribution in [1.29, 1.82) is 0 Å². The van der Waals surface area contributed by atoms with Gasteiger partial charge in [-0.2, -0.15) is 0 Å². The summed E-state index contributed by atoms with van der Waals surface area (Å²) in [5, 5.41) is 9.46. The maximum Gasteiger partial charge on any atom is 0.0594 e. The van der Waals surface area contributed by atoms with Crippen LogP contribution in [0.25, 0.3) is 0 Å². The first kappa shape index (κ1) is 10.7. The van der Waals surface area contributed by atoms with E-state index in [2.05, 4.69) is 13.5 Å². The molecule has 66 valence electrons. The third kappa shape index (κ3) is 7.60. The summed E-state index contributed by atoms with van der Waals surface area (Å²) in [5.74, 6) is 0.591. The van der Waals surface area contributed by atoms with E-state index in [1.54, 1.807) is 0 Å². The van der Waals surface area contributed by atoms with Gasteiger partial charge in [0.25, 0.3) is 0 Å². The first-order valence-electron chi connectivity index (χ1n) is 4.29. The second kappa shape index (κ2) is 4.55. The van der Waals surface area contributed by atoms with E-state index in [0.29, 0.717) is 5.92 Å². The van der Waals surface area contributed by atoms with Gasteiger partial charge in [-0.3, -0.25) is 0 Å². The van der Waals surface area contributed by atoms with E-state index in [1.807, 2.05) is 19.9 Å². The van der Waals surface area contributed by atoms with Crippen molar-refractivity contribution in [3.05, 3.63) is 12.7 Å². The van der Waals surface area contributed by atoms with Gasteiger partial charge in [0.05, 0.1) is 5.60 Å². The van der Waals surface area contributed by atoms with Crippen molar-refractivity contribution in [2.75, 3.05) is 0 Å². The molecule has 1 N–H and O–H groups in total. The van der Waals surface area contributed by atoms with E-state index in [-0.39, 0.29) is 0 Å². The molecular weight excluding hydrogens is 136 g/mol. The zero-order valence-electron chi connectivity index (χ0n) is 7.93. The Morgan fingerprint density at radius 1 is 1.55 bits per heavy atom. The Balaban J connectivity index is 3.51. The summed E-state index contributed by atoms with van der Waals surface area (Å²) >= 11 is 0. The van der Waals surface area contributed by atoms with Crippen molar-refractivity contribution in [2.45, 2.75) is 45.6 Å². The van der Waals surface area contributed by atoms with Gasteiger partial charge in [0, 0.05) is 0 Å². The highest BCUT2D eigenvalue weighted by Crippen LogP contribution is 2.19. The molecule has 0 saturated carbocycles. The van der Waals surface area contributed by atoms with Gasteiger partial charge < -0.3 is 5.11 Å². The highest BCUT2D eigenvalue weighted by Gasteiger charge is 2.16. The van der Waals surface area contributed by atoms with Crippen LogP contribution in [0, 0.1) is 5.92 Å². The molecule has 0 spiro atoms. The standard InChI is InChI=1S/C10H20O/c1-5-6-7-9(2)8-10(3,4)11/h5,9,11H,1,6-8H2,2-4H3. The minimum atomic E-state index is -0.513. The highest BCUT2D eigenvalue weighted by atomic mass is 16.3. The van der Waals surface area contributed by atoms with E-state index in [0.717, 1.165) is 19.3 Å². The minimum Gasteiger partial charge on any atom is -0.390 e. The maximum atomic E-state index is 9.46. The summed E-state index contributed by atoms with van der Waals surface area (Å²) in [4.78, 5) is 0. The third-order valence-electron chi connectivity index (χ3n) is 1.71. The second-order valence-electron chi connectivity index (χ2n) is 3.99. The number of hydrogen-bond donors (Lipinski definition) is 1. The molecule has 1 atom stereocenters. The molecule has 0 amide bonds. The normalized spacial score (nSPS) is 14.5. The van der Waals surface area contributed by atoms with Gasteiger partial charge in [0.15, 0.2) is 0 Å². The fourth-order valence-electron chi connectivity index (χ4n) is 1.36. The molecular formula is C10H20O. The Bertz CT molecular complexity index is 111. The Hall–Kier alpha value is -0.300. The summed E-state index contributed by atoms with van der Waals surface area (Å²) in [5.41, 5.74) is -0.513. The van der Waals surface area contributed by atoms with Crippen LogP contribution in [-0.4, -0.2) is 10.7 Å². The van der Waals surface area contributed by atoms with Crippen LogP contribution >= 0.6 is 0 Å². The molecule has 0 bridgehead atoms. The molecule has 0 aliphatic rings. The molecule has 0 saturated heterocycles. The van der Waals surface area contributed by atoms with Gasteiger partial charge in [-0.05, 0) is 39.0 Å². The van der Waals surface area contributed by atoms with E-state index in [1.165, 1.54) is 0 Å². The van der Waals surface area contributed by atoms with Crippen LogP contribution in [0.1, 0.15) is 40.0 Å². The molecule has 0 rings (SSSR count). The molecule has 0 fully saturated rings. The van der Waals surface area contributed by atoms with Crippen LogP contribution in [0.4, 0.5) is 0 Å². The summed E-state index contributed by atoms with van der Waals surface area (Å²) < 4.78 is 0. The lowest BCUT2D eigenvalue weighted by Crippen LogP contribution is -2.21. The fourth-order valence-corrected chi connectivity index (χ4v) is 1.36. The van der Waals surface area contributed by atoms with Crippen molar-refractivity contribution in [2.24, 2.45) is 5.92 Å². The molecule has 1 heteroatoms. The molecule has 11 heavy (non-hydrogen) atoms. The zero-order valence-corrected chi connectivity index (χ0v) is 7.93. The fraction of sp³-hybridized carbons (Fsp3) is 0.800. The summed E-state index contributed by atoms with van der Waals surface area (Å²) in [6, 6.07) is 0. The Morgan fingerprint density at radius 3 is 2.45 bits per heavy atom. The van der Waals surface area contributed by atoms with Crippen molar-refractivity contribution in [1.82, 2.24) is 0 Å². The van der Waals surface area contributed by atoms with Gasteiger partial charge >= 0.3 is 0 Å². The maximum absolute atomic E-state index is 9.46. The first-order chi connectivity index (χ1) is 4.95. The van der Waals surface area contributed by atoms with E-state index in [9.17, 15) is 5.11 Å². The highest BCUT2D eigenvalue weighted by molar-refractivity contribution is 4.73. The number of allylic oxidation sites excluding steroid dienone is 1. The average Bonchev–Trinajstić information content (AvgIpc) is 1.79. The predicted octanol–water partition coefficient (Wildman–Crippen LogP) is 2.75. The SMILES string of the molecule is C=CCCC(C)CC(C)(C)O. The van der Waals surface area contributed by atoms with Gasteiger partial charge in [0.2, 0.25) is 0 Å². The van der Waals surface area contributed by atoms with Crippen LogP contribution in [-0.2, 0) is 0 Å². The van der Waals surface area contributed by atoms with Crippen LogP contribution < -0.4 is 0 Å². The van der Waals surface area contributed by atoms with Crippen LogP contribution in [0.2, 0.25) is 0 Å². The Kier molecular flexibility index (Phi) is 4.43. The average molecular weight is 156 g/mol. The molecule has 0 aromatic carbocycles. The lowest BCUT2D eigenvalue weighted by atomic mass is 9.92. The molecule has 1 nitrogen and oxygen atoms in total. The lowest BCUT2D eigenvalue weighted by molar-refractivity contribution is 0.0541. The monoisotopic (exact) mass is 156 g/mol. The summed E-state index contributed by atoms with van der Waals surface area (Å²) in [6.45, 7) is 9.55. The van der Waals surface area contributed by atoms with E-state index in [4.69, 9.17) is 0 Å². The molecule has 1 unspecified atom stereocenters. The largest absolute Gasteiger partial charge is 0.390 e. The van der Waals surface area contributed by atoms with Crippen LogP contribution in [0.15, 0.2) is 12.7 Å². The molecule has 0 aromatic heterocycles. The topological polar surface area (TPSA) is 20.2 Å². The van der Waals surface area contributed by atoms with E-state index < -0.39 is 5.60 Å². The summed E-state index contributed by atoms with van der Waals surface area (Å²) in [7, 11) is 0. The van der Waals surface area contributed by atoms with Gasteiger partial charge in [0.1, 0.15) is 0 Å². The lowest BCUT2D eigenvalue weighted by Gasteiger charge is -2.21. The molecule has 0 radical (unpaired) electrons. The summed E-state index contributed by atoms with van der Waals surface area (Å²) in [6.07, 6.45) is 4.99. The third-order valence-corrected chi connectivity index (χ3v) is 1.71. The second-order valence-corrected chi connectivity index (χ2v) is 3.99. The van der Waals surface area contributed by atoms with Crippen molar-refractivity contribution < 1.29 is 5.11 Å². The molecule has 0 aliphatic heterocycles. The first-order valence-corrected chi connectivity index (χ1v) is 4.29. The van der Waals surface area contributed by atoms with Crippen molar-refractivity contribution in [3.63, 3.8) is 0 Å². The number of aliphatic hydroxyl groups is 1. The van der Waals surface area contributed by atoms with Gasteiger partial charge in [-0.15, -0.1) is 6.58 Å². The number of rotatable bonds is 5. The minimum absolute atomic E-state index is 0.513. The number of hydrogen-bond acceptors (Lipinski definition) is 1. The molecule has 0 aromatic rings. The Labute approximate surface area is 70.1 Å². The molecule has 0 aliphatic carbocycles. The smallest absolute Gasteiger partial charge is 0.0594 e. The van der Waals surface area contributed by atoms with Crippen molar-refractivity contribution in [3.8, 4) is 0 Å². The van der Waals surface area contributed by atoms with Gasteiger partial charge in [-0.25, -0.2) is 0 Å². The quantitative estimate of drug-likeness (QED) is 0.607. The predicted molar refractivity (Wildman–Crippen MR) is 49.5 cm³/mol. The molecule has 0 heterocycles. The van der Waals surface area contributed by atoms with Crippen LogP contribution in [0.3, 0.4) is 0 Å². The zero-order chi connectivity index (χ0) is 8.91. The van der Waals surface area contributed by atoms with Crippen molar-refractivity contribution >= 4 is 0 Å². The Morgan fingerprint density at radius 2 is 2.09 bits per heavy atom. The van der Waals surface area contributed by atoms with E-state index >= 15 is 0 Å². The van der Waals surface area contributed by atoms with Crippen LogP contribution in [0.5, 0.6) is 0 Å².